The molecule has 0 bridgehead atoms. The van der Waals surface area contributed by atoms with E-state index in [9.17, 15) is 70.2 Å². The molecule has 0 saturated carbocycles. The van der Waals surface area contributed by atoms with Gasteiger partial charge in [0, 0.05) is 0 Å². The third kappa shape index (κ3) is 7.68. The van der Waals surface area contributed by atoms with Gasteiger partial charge >= 0.3 is 275 Å². The Balaban J connectivity index is 0.00000122. The van der Waals surface area contributed by atoms with E-state index in [-0.39, 0.29) is 21.9 Å². The van der Waals surface area contributed by atoms with E-state index in [1.165, 1.54) is 26.0 Å². The van der Waals surface area contributed by atoms with Crippen LogP contribution in [-0.2, 0) is 24.9 Å². The SMILES string of the molecule is Cc1cc2c3cc(C)c(C(C)(C)C)cc3[te+](C(F)(F)C(F)(F)C(F)(F)C(F)(F)C(F)(F)C(F)(F)C(F)(F)C(F)(F)F)c2cc1C(C)(C)C.O=S(=O)([O-])C(F)(F)F. The molecule has 25 heteroatoms. The number of fused-ring (bicyclic) bond motifs is 3. The Labute approximate surface area is 310 Å². The van der Waals surface area contributed by atoms with Crippen molar-refractivity contribution in [1.29, 1.82) is 0 Å². The van der Waals surface area contributed by atoms with Gasteiger partial charge in [0.1, 0.15) is 0 Å². The Morgan fingerprint density at radius 1 is 0.464 bits per heavy atom. The molecule has 3 aromatic rings. The van der Waals surface area contributed by atoms with E-state index in [2.05, 4.69) is 0 Å². The first-order valence-electron chi connectivity index (χ1n) is 14.9. The third-order valence-electron chi connectivity index (χ3n) is 8.23. The number of hydrogen-bond acceptors (Lipinski definition) is 3. The minimum atomic E-state index is -8.66. The van der Waals surface area contributed by atoms with Crippen LogP contribution in [0, 0.1) is 13.8 Å². The van der Waals surface area contributed by atoms with Crippen LogP contribution in [-0.4, -0.2) is 79.2 Å². The van der Waals surface area contributed by atoms with Gasteiger partial charge in [-0.15, -0.1) is 0 Å². The summed E-state index contributed by atoms with van der Waals surface area (Å²) in [6.07, 6.45) is -7.80. The number of rotatable bonds is 7. The quantitative estimate of drug-likeness (QED) is 0.103. The molecule has 0 aliphatic heterocycles. The average molecular weight is 988 g/mol. The summed E-state index contributed by atoms with van der Waals surface area (Å²) in [7, 11) is -6.09. The Hall–Kier alpha value is -2.26. The van der Waals surface area contributed by atoms with Crippen LogP contribution in [0.25, 0.3) is 17.6 Å². The first-order chi connectivity index (χ1) is 24.1. The summed E-state index contributed by atoms with van der Waals surface area (Å²) in [5, 5.41) is -0.411. The number of alkyl halides is 20. The van der Waals surface area contributed by atoms with E-state index in [0.29, 0.717) is 11.1 Å². The second kappa shape index (κ2) is 13.9. The van der Waals surface area contributed by atoms with E-state index < -0.39 is 98.0 Å². The molecule has 0 amide bonds. The van der Waals surface area contributed by atoms with Crippen molar-refractivity contribution in [3.05, 3.63) is 46.5 Å². The largest absolute Gasteiger partial charge is 0.741 e. The summed E-state index contributed by atoms with van der Waals surface area (Å²) in [4.78, 5) is 0. The third-order valence-corrected chi connectivity index (χ3v) is 15.4. The van der Waals surface area contributed by atoms with Crippen molar-refractivity contribution < 1.29 is 101 Å². The van der Waals surface area contributed by atoms with E-state index in [1.807, 2.05) is 0 Å². The summed E-state index contributed by atoms with van der Waals surface area (Å²) in [6, 6.07) is 4.42. The fourth-order valence-corrected chi connectivity index (χ4v) is 12.3. The predicted molar refractivity (Wildman–Crippen MR) is 162 cm³/mol. The van der Waals surface area contributed by atoms with Crippen LogP contribution in [0.15, 0.2) is 24.3 Å². The standard InChI is InChI=1S/C30H28F17Te.CHF3O3S/c1-13-9-15-16-10-14(2)18(22(6,7)8)12-20(16)48(19(15)11-17(13)21(3,4)5)30(46,47)28(41,42)26(37,38)24(33,34)23(31,32)25(35,36)27(39,40)29(43,44)45;2-1(3,4)8(5,6)7/h9-12H,1-8H3;(H,5,6,7)/q+1;/p-1. The van der Waals surface area contributed by atoms with Gasteiger partial charge < -0.3 is 4.55 Å². The average Bonchev–Trinajstić information content (AvgIpc) is 3.26. The van der Waals surface area contributed by atoms with E-state index >= 15 is 17.6 Å². The normalized spacial score (nSPS) is 15.4. The van der Waals surface area contributed by atoms with Gasteiger partial charge in [0.2, 0.25) is 0 Å². The van der Waals surface area contributed by atoms with E-state index in [4.69, 9.17) is 13.0 Å². The molecular weight excluding hydrogens is 960 g/mol. The molecule has 0 unspecified atom stereocenters. The van der Waals surface area contributed by atoms with Gasteiger partial charge in [-0.25, -0.2) is 8.42 Å². The van der Waals surface area contributed by atoms with Crippen molar-refractivity contribution >= 4 is 46.8 Å². The zero-order valence-corrected chi connectivity index (χ0v) is 32.6. The smallest absolute Gasteiger partial charge is 0.485 e. The molecule has 0 saturated heterocycles. The first kappa shape index (κ1) is 49.9. The van der Waals surface area contributed by atoms with Crippen LogP contribution in [0.5, 0.6) is 0 Å². The van der Waals surface area contributed by atoms with Crippen LogP contribution in [0.2, 0.25) is 0 Å². The summed E-state index contributed by atoms with van der Waals surface area (Å²) >= 11 is -5.90. The Kier molecular flexibility index (Phi) is 12.4. The van der Waals surface area contributed by atoms with Gasteiger partial charge in [-0.05, 0) is 0 Å². The van der Waals surface area contributed by atoms with Crippen molar-refractivity contribution in [1.82, 2.24) is 0 Å². The molecule has 3 nitrogen and oxygen atoms in total. The zero-order valence-electron chi connectivity index (χ0n) is 29.4. The molecule has 322 valence electrons. The molecule has 0 aliphatic carbocycles. The minimum Gasteiger partial charge on any atom is -0.741 e. The van der Waals surface area contributed by atoms with Gasteiger partial charge in [-0.2, -0.15) is 13.2 Å². The summed E-state index contributed by atoms with van der Waals surface area (Å²) in [5.41, 5.74) is -6.33. The molecule has 1 aromatic heterocycles. The van der Waals surface area contributed by atoms with Crippen LogP contribution in [0.4, 0.5) is 87.8 Å². The Morgan fingerprint density at radius 2 is 0.714 bits per heavy atom. The zero-order chi connectivity index (χ0) is 45.0. The molecule has 3 rings (SSSR count). The molecule has 0 spiro atoms. The van der Waals surface area contributed by atoms with Crippen molar-refractivity contribution in [3.63, 3.8) is 0 Å². The number of hydrogen-bond donors (Lipinski definition) is 0. The van der Waals surface area contributed by atoms with Crippen molar-refractivity contribution in [3.8, 4) is 0 Å². The molecule has 0 aliphatic rings. The van der Waals surface area contributed by atoms with Gasteiger partial charge in [0.15, 0.2) is 10.1 Å². The molecule has 0 fully saturated rings. The minimum absolute atomic E-state index is 0.199. The maximum absolute atomic E-state index is 16.2. The molecule has 0 radical (unpaired) electrons. The second-order valence-electron chi connectivity index (χ2n) is 14.5. The first-order valence-corrected chi connectivity index (χ1v) is 19.8. The van der Waals surface area contributed by atoms with Crippen LogP contribution < -0.4 is 0 Å². The molecular formula is C31H28F20O3STe. The fourth-order valence-electron chi connectivity index (χ4n) is 5.42. The number of benzene rings is 2. The maximum Gasteiger partial charge on any atom is 0.485 e. The molecule has 1 heterocycles. The summed E-state index contributed by atoms with van der Waals surface area (Å²) in [5.74, 6) is -50.1. The van der Waals surface area contributed by atoms with Gasteiger partial charge in [0.05, 0.1) is 0 Å². The van der Waals surface area contributed by atoms with Crippen molar-refractivity contribution in [2.75, 3.05) is 0 Å². The van der Waals surface area contributed by atoms with E-state index in [0.717, 1.165) is 12.1 Å². The monoisotopic (exact) mass is 990 g/mol. The summed E-state index contributed by atoms with van der Waals surface area (Å²) < 4.78 is 294. The topological polar surface area (TPSA) is 57.2 Å². The Bertz CT molecular complexity index is 2000. The van der Waals surface area contributed by atoms with Crippen LogP contribution in [0.3, 0.4) is 0 Å². The number of halogens is 20. The second-order valence-corrected chi connectivity index (χ2v) is 21.6. The van der Waals surface area contributed by atoms with Crippen molar-refractivity contribution in [2.24, 2.45) is 0 Å². The molecule has 0 N–H and O–H groups in total. The van der Waals surface area contributed by atoms with Crippen molar-refractivity contribution in [2.45, 2.75) is 117 Å². The van der Waals surface area contributed by atoms with Gasteiger partial charge in [0.25, 0.3) is 0 Å². The van der Waals surface area contributed by atoms with Crippen LogP contribution in [0.1, 0.15) is 63.8 Å². The molecule has 0 atom stereocenters. The Morgan fingerprint density at radius 3 is 0.946 bits per heavy atom. The van der Waals surface area contributed by atoms with Crippen LogP contribution >= 0.6 is 0 Å². The summed E-state index contributed by atoms with van der Waals surface area (Å²) in [6.45, 7) is 12.3. The number of aryl methyl sites for hydroxylation is 2. The fraction of sp³-hybridized carbons (Fsp3) is 0.613. The predicted octanol–water partition coefficient (Wildman–Crippen LogP) is 11.9. The molecule has 2 aromatic carbocycles. The van der Waals surface area contributed by atoms with E-state index in [1.54, 1.807) is 41.5 Å². The maximum atomic E-state index is 16.2. The van der Waals surface area contributed by atoms with Gasteiger partial charge in [-0.1, -0.05) is 0 Å². The molecule has 56 heavy (non-hydrogen) atoms. The van der Waals surface area contributed by atoms with Gasteiger partial charge in [-0.3, -0.25) is 0 Å².